The number of esters is 1. The average Bonchev–Trinajstić information content (AvgIpc) is 3.21. The van der Waals surface area contributed by atoms with E-state index in [-0.39, 0.29) is 34.7 Å². The number of amides is 2. The molecule has 2 amide bonds. The van der Waals surface area contributed by atoms with Gasteiger partial charge >= 0.3 is 5.97 Å². The quantitative estimate of drug-likeness (QED) is 0.123. The van der Waals surface area contributed by atoms with E-state index in [1.807, 2.05) is 0 Å². The molecule has 0 atom stereocenters. The van der Waals surface area contributed by atoms with Crippen LogP contribution < -0.4 is 9.64 Å². The van der Waals surface area contributed by atoms with Crippen molar-refractivity contribution in [3.05, 3.63) is 133 Å². The number of anilines is 1. The first-order valence-corrected chi connectivity index (χ1v) is 11.7. The van der Waals surface area contributed by atoms with Gasteiger partial charge in [0.15, 0.2) is 0 Å². The van der Waals surface area contributed by atoms with Gasteiger partial charge in [0.25, 0.3) is 23.2 Å². The lowest BCUT2D eigenvalue weighted by Crippen LogP contribution is -2.31. The Bertz CT molecular complexity index is 1700. The first-order chi connectivity index (χ1) is 19.2. The number of fused-ring (bicyclic) bond motifs is 1. The van der Waals surface area contributed by atoms with Gasteiger partial charge in [0.1, 0.15) is 23.7 Å². The van der Waals surface area contributed by atoms with Crippen molar-refractivity contribution in [1.82, 2.24) is 0 Å². The topological polar surface area (TPSA) is 159 Å². The lowest BCUT2D eigenvalue weighted by atomic mass is 10.1. The van der Waals surface area contributed by atoms with Crippen LogP contribution in [-0.4, -0.2) is 27.6 Å². The monoisotopic (exact) mass is 539 g/mol. The summed E-state index contributed by atoms with van der Waals surface area (Å²) in [6.07, 6.45) is 0. The van der Waals surface area contributed by atoms with Gasteiger partial charge in [-0.3, -0.25) is 29.8 Å². The number of nitro groups is 2. The predicted molar refractivity (Wildman–Crippen MR) is 139 cm³/mol. The van der Waals surface area contributed by atoms with E-state index in [2.05, 4.69) is 0 Å². The van der Waals surface area contributed by atoms with Gasteiger partial charge in [-0.15, -0.1) is 0 Å². The van der Waals surface area contributed by atoms with E-state index in [1.165, 1.54) is 60.7 Å². The lowest BCUT2D eigenvalue weighted by molar-refractivity contribution is -0.385. The number of benzene rings is 4. The molecule has 4 aromatic rings. The Balaban J connectivity index is 1.33. The molecule has 5 rings (SSSR count). The molecule has 1 aliphatic rings. The van der Waals surface area contributed by atoms with E-state index in [4.69, 9.17) is 9.47 Å². The number of para-hydroxylation sites is 1. The number of nitro benzene ring substituents is 2. The van der Waals surface area contributed by atoms with Crippen molar-refractivity contribution >= 4 is 34.8 Å². The van der Waals surface area contributed by atoms with E-state index in [1.54, 1.807) is 24.3 Å². The maximum atomic E-state index is 13.1. The molecular formula is C28H17N3O9. The van der Waals surface area contributed by atoms with Crippen molar-refractivity contribution in [2.45, 2.75) is 6.61 Å². The number of non-ortho nitro benzene ring substituents is 1. The normalized spacial score (nSPS) is 12.2. The molecule has 0 fully saturated rings. The fourth-order valence-corrected chi connectivity index (χ4v) is 4.18. The molecule has 0 aromatic heterocycles. The SMILES string of the molecule is O=C(OCc1cccc(Oc2ccc([N+](=O)[O-])cc2)c1)c1ccccc1N1C(=O)c2cccc([N+](=O)[O-])c2C1=O. The van der Waals surface area contributed by atoms with Crippen LogP contribution in [-0.2, 0) is 11.3 Å². The van der Waals surface area contributed by atoms with Crippen LogP contribution in [0.1, 0.15) is 36.6 Å². The minimum Gasteiger partial charge on any atom is -0.457 e. The fraction of sp³-hybridized carbons (Fsp3) is 0.0357. The van der Waals surface area contributed by atoms with Crippen LogP contribution in [0.3, 0.4) is 0 Å². The molecule has 4 aromatic carbocycles. The van der Waals surface area contributed by atoms with Crippen LogP contribution >= 0.6 is 0 Å². The Hall–Kier alpha value is -5.91. The minimum atomic E-state index is -0.913. The van der Waals surface area contributed by atoms with Crippen molar-refractivity contribution in [3.8, 4) is 11.5 Å². The summed E-state index contributed by atoms with van der Waals surface area (Å²) in [4.78, 5) is 61.0. The second-order valence-corrected chi connectivity index (χ2v) is 8.50. The summed E-state index contributed by atoms with van der Waals surface area (Å²) in [5, 5.41) is 22.3. The zero-order valence-electron chi connectivity index (χ0n) is 20.4. The first kappa shape index (κ1) is 25.7. The second kappa shape index (κ2) is 10.5. The molecule has 1 heterocycles. The van der Waals surface area contributed by atoms with Crippen LogP contribution in [0.25, 0.3) is 0 Å². The highest BCUT2D eigenvalue weighted by Crippen LogP contribution is 2.35. The predicted octanol–water partition coefficient (Wildman–Crippen LogP) is 5.45. The molecule has 0 aliphatic carbocycles. The Labute approximate surface area is 225 Å². The summed E-state index contributed by atoms with van der Waals surface area (Å²) in [6.45, 7) is -0.182. The third kappa shape index (κ3) is 4.84. The van der Waals surface area contributed by atoms with E-state index in [9.17, 15) is 34.6 Å². The molecule has 0 radical (unpaired) electrons. The first-order valence-electron chi connectivity index (χ1n) is 11.7. The molecule has 12 nitrogen and oxygen atoms in total. The summed E-state index contributed by atoms with van der Waals surface area (Å²) in [5.74, 6) is -1.77. The van der Waals surface area contributed by atoms with Crippen LogP contribution in [0.2, 0.25) is 0 Å². The molecule has 0 unspecified atom stereocenters. The summed E-state index contributed by atoms with van der Waals surface area (Å²) in [6, 6.07) is 21.7. The molecule has 1 aliphatic heterocycles. The standard InChI is InChI=1S/C28H17N3O9/c32-26-22-8-4-10-24(31(37)38)25(22)27(33)29(26)23-9-2-1-7-21(23)28(34)39-16-17-5-3-6-20(15-17)40-19-13-11-18(12-14-19)30(35)36/h1-15H,16H2. The highest BCUT2D eigenvalue weighted by molar-refractivity contribution is 6.36. The van der Waals surface area contributed by atoms with Crippen LogP contribution in [0.4, 0.5) is 17.1 Å². The van der Waals surface area contributed by atoms with Crippen molar-refractivity contribution in [1.29, 1.82) is 0 Å². The smallest absolute Gasteiger partial charge is 0.340 e. The van der Waals surface area contributed by atoms with E-state index in [0.29, 0.717) is 17.1 Å². The fourth-order valence-electron chi connectivity index (χ4n) is 4.18. The summed E-state index contributed by atoms with van der Waals surface area (Å²) >= 11 is 0. The number of nitrogens with zero attached hydrogens (tertiary/aromatic N) is 3. The number of carbonyl (C=O) groups is 3. The molecule has 0 N–H and O–H groups in total. The van der Waals surface area contributed by atoms with Gasteiger partial charge in [0, 0.05) is 18.2 Å². The van der Waals surface area contributed by atoms with Crippen molar-refractivity contribution in [3.63, 3.8) is 0 Å². The zero-order chi connectivity index (χ0) is 28.4. The molecule has 0 spiro atoms. The summed E-state index contributed by atoms with van der Waals surface area (Å²) in [7, 11) is 0. The van der Waals surface area contributed by atoms with Gasteiger partial charge in [-0.05, 0) is 48.0 Å². The molecule has 0 bridgehead atoms. The number of hydrogen-bond donors (Lipinski definition) is 0. The van der Waals surface area contributed by atoms with Gasteiger partial charge in [0.05, 0.1) is 26.7 Å². The van der Waals surface area contributed by atoms with Gasteiger partial charge < -0.3 is 9.47 Å². The van der Waals surface area contributed by atoms with Gasteiger partial charge in [-0.2, -0.15) is 0 Å². The average molecular weight is 539 g/mol. The maximum absolute atomic E-state index is 13.1. The summed E-state index contributed by atoms with van der Waals surface area (Å²) < 4.78 is 11.2. The largest absolute Gasteiger partial charge is 0.457 e. The number of carbonyl (C=O) groups excluding carboxylic acids is 3. The molecular weight excluding hydrogens is 522 g/mol. The third-order valence-corrected chi connectivity index (χ3v) is 6.01. The van der Waals surface area contributed by atoms with E-state index < -0.39 is 33.3 Å². The van der Waals surface area contributed by atoms with Crippen LogP contribution in [0, 0.1) is 20.2 Å². The highest BCUT2D eigenvalue weighted by atomic mass is 16.6. The molecule has 12 heteroatoms. The van der Waals surface area contributed by atoms with Crippen molar-refractivity contribution < 1.29 is 33.7 Å². The van der Waals surface area contributed by atoms with Gasteiger partial charge in [0.2, 0.25) is 0 Å². The van der Waals surface area contributed by atoms with E-state index >= 15 is 0 Å². The van der Waals surface area contributed by atoms with Crippen LogP contribution in [0.5, 0.6) is 11.5 Å². The number of rotatable bonds is 8. The zero-order valence-corrected chi connectivity index (χ0v) is 20.4. The number of ether oxygens (including phenoxy) is 2. The van der Waals surface area contributed by atoms with Crippen LogP contribution in [0.15, 0.2) is 91.0 Å². The van der Waals surface area contributed by atoms with Gasteiger partial charge in [-0.1, -0.05) is 30.3 Å². The summed E-state index contributed by atoms with van der Waals surface area (Å²) in [5.41, 5.74) is -0.650. The Morgan fingerprint density at radius 1 is 0.775 bits per heavy atom. The minimum absolute atomic E-state index is 0.0664. The highest BCUT2D eigenvalue weighted by Gasteiger charge is 2.43. The number of hydrogen-bond acceptors (Lipinski definition) is 9. The van der Waals surface area contributed by atoms with E-state index in [0.717, 1.165) is 11.0 Å². The lowest BCUT2D eigenvalue weighted by Gasteiger charge is -2.17. The Morgan fingerprint density at radius 2 is 1.50 bits per heavy atom. The van der Waals surface area contributed by atoms with Gasteiger partial charge in [-0.25, -0.2) is 9.69 Å². The Morgan fingerprint density at radius 3 is 2.23 bits per heavy atom. The Kier molecular flexibility index (Phi) is 6.72. The van der Waals surface area contributed by atoms with Crippen molar-refractivity contribution in [2.75, 3.05) is 4.90 Å². The van der Waals surface area contributed by atoms with Crippen molar-refractivity contribution in [2.24, 2.45) is 0 Å². The third-order valence-electron chi connectivity index (χ3n) is 6.01. The molecule has 0 saturated heterocycles. The molecule has 40 heavy (non-hydrogen) atoms. The maximum Gasteiger partial charge on any atom is 0.340 e. The molecule has 0 saturated carbocycles. The molecule has 198 valence electrons. The number of imide groups is 1. The second-order valence-electron chi connectivity index (χ2n) is 8.50.